The molecule has 0 spiro atoms. The first-order valence-corrected chi connectivity index (χ1v) is 6.70. The van der Waals surface area contributed by atoms with E-state index in [2.05, 4.69) is 5.32 Å². The van der Waals surface area contributed by atoms with E-state index in [9.17, 15) is 9.59 Å². The molecule has 2 heterocycles. The number of amides is 1. The summed E-state index contributed by atoms with van der Waals surface area (Å²) in [5.41, 5.74) is 0. The van der Waals surface area contributed by atoms with Gasteiger partial charge >= 0.3 is 5.97 Å². The predicted octanol–water partition coefficient (Wildman–Crippen LogP) is 0.115. The maximum atomic E-state index is 12.1. The zero-order valence-electron chi connectivity index (χ0n) is 9.02. The van der Waals surface area contributed by atoms with Gasteiger partial charge in [-0.2, -0.15) is 0 Å². The SMILES string of the molecule is O=C(O)C1CCCCN1C(=O)C1CSCN1. The zero-order chi connectivity index (χ0) is 11.5. The van der Waals surface area contributed by atoms with Crippen LogP contribution in [0.15, 0.2) is 0 Å². The first-order chi connectivity index (χ1) is 7.70. The minimum atomic E-state index is -0.876. The molecule has 16 heavy (non-hydrogen) atoms. The van der Waals surface area contributed by atoms with Gasteiger partial charge in [0.05, 0.1) is 6.04 Å². The second-order valence-corrected chi connectivity index (χ2v) is 5.18. The van der Waals surface area contributed by atoms with Crippen LogP contribution in [0.2, 0.25) is 0 Å². The molecule has 2 aliphatic heterocycles. The highest BCUT2D eigenvalue weighted by Gasteiger charge is 2.36. The van der Waals surface area contributed by atoms with Crippen molar-refractivity contribution in [2.45, 2.75) is 31.3 Å². The van der Waals surface area contributed by atoms with Crippen molar-refractivity contribution in [2.75, 3.05) is 18.2 Å². The number of hydrogen-bond acceptors (Lipinski definition) is 4. The fraction of sp³-hybridized carbons (Fsp3) is 0.800. The van der Waals surface area contributed by atoms with Gasteiger partial charge in [0.25, 0.3) is 0 Å². The average Bonchev–Trinajstić information content (AvgIpc) is 2.81. The van der Waals surface area contributed by atoms with Gasteiger partial charge in [-0.05, 0) is 19.3 Å². The van der Waals surface area contributed by atoms with E-state index >= 15 is 0 Å². The van der Waals surface area contributed by atoms with Crippen LogP contribution >= 0.6 is 11.8 Å². The number of likely N-dealkylation sites (tertiary alicyclic amines) is 1. The summed E-state index contributed by atoms with van der Waals surface area (Å²) in [7, 11) is 0. The van der Waals surface area contributed by atoms with Crippen molar-refractivity contribution in [1.82, 2.24) is 10.2 Å². The van der Waals surface area contributed by atoms with Gasteiger partial charge < -0.3 is 10.0 Å². The Labute approximate surface area is 98.6 Å². The normalized spacial score (nSPS) is 30.4. The fourth-order valence-electron chi connectivity index (χ4n) is 2.21. The molecule has 2 atom stereocenters. The number of hydrogen-bond donors (Lipinski definition) is 2. The molecule has 2 unspecified atom stereocenters. The number of carbonyl (C=O) groups is 2. The predicted molar refractivity (Wildman–Crippen MR) is 61.2 cm³/mol. The molecule has 0 saturated carbocycles. The van der Waals surface area contributed by atoms with Crippen LogP contribution in [0.4, 0.5) is 0 Å². The van der Waals surface area contributed by atoms with Crippen LogP contribution in [0.3, 0.4) is 0 Å². The lowest BCUT2D eigenvalue weighted by molar-refractivity contribution is -0.152. The number of carboxylic acid groups (broad SMARTS) is 1. The van der Waals surface area contributed by atoms with Gasteiger partial charge in [-0.25, -0.2) is 4.79 Å². The molecule has 2 aliphatic rings. The van der Waals surface area contributed by atoms with Crippen LogP contribution in [0.5, 0.6) is 0 Å². The Hall–Kier alpha value is -0.750. The van der Waals surface area contributed by atoms with Gasteiger partial charge in [-0.1, -0.05) is 0 Å². The summed E-state index contributed by atoms with van der Waals surface area (Å²) in [4.78, 5) is 24.7. The van der Waals surface area contributed by atoms with Gasteiger partial charge in [0, 0.05) is 18.2 Å². The molecule has 1 amide bonds. The molecule has 5 nitrogen and oxygen atoms in total. The number of carbonyl (C=O) groups excluding carboxylic acids is 1. The van der Waals surface area contributed by atoms with Crippen LogP contribution < -0.4 is 5.32 Å². The lowest BCUT2D eigenvalue weighted by Gasteiger charge is -2.34. The Kier molecular flexibility index (Phi) is 3.70. The summed E-state index contributed by atoms with van der Waals surface area (Å²) in [5, 5.41) is 12.2. The quantitative estimate of drug-likeness (QED) is 0.722. The Balaban J connectivity index is 2.04. The minimum absolute atomic E-state index is 0.0444. The molecule has 2 rings (SSSR count). The number of aliphatic carboxylic acids is 1. The van der Waals surface area contributed by atoms with E-state index in [1.807, 2.05) is 0 Å². The zero-order valence-corrected chi connectivity index (χ0v) is 9.83. The van der Waals surface area contributed by atoms with E-state index in [-0.39, 0.29) is 11.9 Å². The summed E-state index contributed by atoms with van der Waals surface area (Å²) < 4.78 is 0. The Morgan fingerprint density at radius 3 is 2.81 bits per heavy atom. The maximum Gasteiger partial charge on any atom is 0.326 e. The number of carboxylic acids is 1. The largest absolute Gasteiger partial charge is 0.480 e. The van der Waals surface area contributed by atoms with Crippen LogP contribution in [-0.4, -0.2) is 52.1 Å². The summed E-state index contributed by atoms with van der Waals surface area (Å²) in [6.45, 7) is 0.582. The number of nitrogens with zero attached hydrogens (tertiary/aromatic N) is 1. The third-order valence-electron chi connectivity index (χ3n) is 3.09. The molecule has 0 aromatic heterocycles. The number of nitrogens with one attached hydrogen (secondary N) is 1. The minimum Gasteiger partial charge on any atom is -0.480 e. The molecule has 2 saturated heterocycles. The van der Waals surface area contributed by atoms with E-state index in [0.29, 0.717) is 13.0 Å². The first kappa shape index (κ1) is 11.7. The van der Waals surface area contributed by atoms with E-state index in [1.54, 1.807) is 11.8 Å². The van der Waals surface area contributed by atoms with Crippen molar-refractivity contribution in [2.24, 2.45) is 0 Å². The van der Waals surface area contributed by atoms with Crippen LogP contribution in [0.1, 0.15) is 19.3 Å². The molecule has 2 fully saturated rings. The van der Waals surface area contributed by atoms with Crippen molar-refractivity contribution in [1.29, 1.82) is 0 Å². The van der Waals surface area contributed by atoms with Crippen molar-refractivity contribution in [3.8, 4) is 0 Å². The molecule has 90 valence electrons. The molecule has 0 radical (unpaired) electrons. The van der Waals surface area contributed by atoms with E-state index in [4.69, 9.17) is 5.11 Å². The molecule has 6 heteroatoms. The van der Waals surface area contributed by atoms with Gasteiger partial charge in [0.2, 0.25) is 5.91 Å². The molecule has 0 aliphatic carbocycles. The van der Waals surface area contributed by atoms with Crippen molar-refractivity contribution >= 4 is 23.6 Å². The third kappa shape index (κ3) is 2.32. The summed E-state index contributed by atoms with van der Waals surface area (Å²) in [6, 6.07) is -0.807. The molecule has 0 aromatic rings. The summed E-state index contributed by atoms with van der Waals surface area (Å²) >= 11 is 1.68. The lowest BCUT2D eigenvalue weighted by Crippen LogP contribution is -2.54. The second-order valence-electron chi connectivity index (χ2n) is 4.15. The Morgan fingerprint density at radius 2 is 2.19 bits per heavy atom. The highest BCUT2D eigenvalue weighted by atomic mass is 32.2. The van der Waals surface area contributed by atoms with Crippen LogP contribution in [-0.2, 0) is 9.59 Å². The first-order valence-electron chi connectivity index (χ1n) is 5.54. The maximum absolute atomic E-state index is 12.1. The van der Waals surface area contributed by atoms with Gasteiger partial charge in [0.15, 0.2) is 0 Å². The number of rotatable bonds is 2. The van der Waals surface area contributed by atoms with Gasteiger partial charge in [-0.3, -0.25) is 10.1 Å². The standard InChI is InChI=1S/C10H16N2O3S/c13-9(7-5-16-6-11-7)12-4-2-1-3-8(12)10(14)15/h7-8,11H,1-6H2,(H,14,15). The molecule has 2 N–H and O–H groups in total. The van der Waals surface area contributed by atoms with Crippen molar-refractivity contribution in [3.63, 3.8) is 0 Å². The van der Waals surface area contributed by atoms with E-state index in [0.717, 1.165) is 24.5 Å². The van der Waals surface area contributed by atoms with Crippen LogP contribution in [0.25, 0.3) is 0 Å². The topological polar surface area (TPSA) is 69.6 Å². The van der Waals surface area contributed by atoms with Crippen LogP contribution in [0, 0.1) is 0 Å². The van der Waals surface area contributed by atoms with Gasteiger partial charge in [0.1, 0.15) is 6.04 Å². The summed E-state index contributed by atoms with van der Waals surface area (Å²) in [6.07, 6.45) is 2.39. The van der Waals surface area contributed by atoms with E-state index < -0.39 is 12.0 Å². The van der Waals surface area contributed by atoms with Gasteiger partial charge in [-0.15, -0.1) is 11.8 Å². The number of thioether (sulfide) groups is 1. The molecular formula is C10H16N2O3S. The number of piperidine rings is 1. The highest BCUT2D eigenvalue weighted by Crippen LogP contribution is 2.20. The Bertz CT molecular complexity index is 292. The Morgan fingerprint density at radius 1 is 1.38 bits per heavy atom. The summed E-state index contributed by atoms with van der Waals surface area (Å²) in [5.74, 6) is 0.611. The third-order valence-corrected chi connectivity index (χ3v) is 4.03. The average molecular weight is 244 g/mol. The monoisotopic (exact) mass is 244 g/mol. The second kappa shape index (κ2) is 5.05. The van der Waals surface area contributed by atoms with E-state index in [1.165, 1.54) is 4.90 Å². The molecule has 0 bridgehead atoms. The fourth-order valence-corrected chi connectivity index (χ4v) is 3.14. The highest BCUT2D eigenvalue weighted by molar-refractivity contribution is 7.99. The lowest BCUT2D eigenvalue weighted by atomic mass is 10.0. The van der Waals surface area contributed by atoms with Crippen molar-refractivity contribution in [3.05, 3.63) is 0 Å². The molecule has 0 aromatic carbocycles. The smallest absolute Gasteiger partial charge is 0.326 e. The van der Waals surface area contributed by atoms with Crippen molar-refractivity contribution < 1.29 is 14.7 Å². The molecular weight excluding hydrogens is 228 g/mol.